The van der Waals surface area contributed by atoms with Crippen LogP contribution in [0.1, 0.15) is 20.8 Å². The van der Waals surface area contributed by atoms with Gasteiger partial charge >= 0.3 is 5.97 Å². The first kappa shape index (κ1) is 12.9. The van der Waals surface area contributed by atoms with Crippen LogP contribution in [-0.2, 0) is 14.1 Å². The molecule has 0 amide bonds. The fourth-order valence-corrected chi connectivity index (χ4v) is 1.97. The van der Waals surface area contributed by atoms with Crippen LogP contribution in [0, 0.1) is 0 Å². The van der Waals surface area contributed by atoms with Crippen LogP contribution in [0.3, 0.4) is 0 Å². The van der Waals surface area contributed by atoms with Crippen LogP contribution >= 0.6 is 17.9 Å². The summed E-state index contributed by atoms with van der Waals surface area (Å²) in [5.41, 5.74) is 0. The molecule has 1 N–H and O–H groups in total. The van der Waals surface area contributed by atoms with Gasteiger partial charge in [-0.2, -0.15) is 0 Å². The zero-order chi connectivity index (χ0) is 10.6. The summed E-state index contributed by atoms with van der Waals surface area (Å²) >= 11 is 5.45. The van der Waals surface area contributed by atoms with Crippen molar-refractivity contribution in [1.82, 2.24) is 5.09 Å². The minimum absolute atomic E-state index is 0.177. The summed E-state index contributed by atoms with van der Waals surface area (Å²) in [6.07, 6.45) is -0.177. The number of halogens is 1. The molecule has 0 heterocycles. The van der Waals surface area contributed by atoms with Crippen molar-refractivity contribution in [2.45, 2.75) is 32.9 Å². The van der Waals surface area contributed by atoms with Gasteiger partial charge in [-0.05, 0) is 32.0 Å². The van der Waals surface area contributed by atoms with Gasteiger partial charge in [0.15, 0.2) is 0 Å². The molecule has 0 aliphatic heterocycles. The second-order valence-corrected chi connectivity index (χ2v) is 6.99. The normalized spacial score (nSPS) is 18.0. The van der Waals surface area contributed by atoms with Gasteiger partial charge < -0.3 is 4.74 Å². The van der Waals surface area contributed by atoms with Crippen LogP contribution in [0.2, 0.25) is 0 Å². The maximum atomic E-state index is 11.2. The maximum Gasteiger partial charge on any atom is 0.323 e. The number of nitrogens with one attached hydrogen (secondary N) is 1. The summed E-state index contributed by atoms with van der Waals surface area (Å²) < 4.78 is 15.9. The fourth-order valence-electron chi connectivity index (χ4n) is 0.733. The van der Waals surface area contributed by atoms with Crippen molar-refractivity contribution in [3.05, 3.63) is 0 Å². The largest absolute Gasteiger partial charge is 0.462 e. The number of hydrogen-bond acceptors (Lipinski definition) is 3. The molecule has 6 heteroatoms. The summed E-state index contributed by atoms with van der Waals surface area (Å²) in [6, 6.07) is -0.643. The summed E-state index contributed by atoms with van der Waals surface area (Å²) in [5.74, 6) is -0.447. The van der Waals surface area contributed by atoms with E-state index in [1.807, 2.05) is 0 Å². The molecule has 0 bridgehead atoms. The van der Waals surface area contributed by atoms with E-state index in [0.29, 0.717) is 0 Å². The van der Waals surface area contributed by atoms with Crippen LogP contribution in [0.4, 0.5) is 0 Å². The summed E-state index contributed by atoms with van der Waals surface area (Å²) in [4.78, 5) is 11.2. The monoisotopic (exact) mass is 227 g/mol. The maximum absolute atomic E-state index is 11.2. The van der Waals surface area contributed by atoms with E-state index < -0.39 is 18.7 Å². The quantitative estimate of drug-likeness (QED) is 0.589. The van der Waals surface area contributed by atoms with Gasteiger partial charge in [-0.15, -0.1) is 0 Å². The van der Waals surface area contributed by atoms with Crippen molar-refractivity contribution in [2.75, 3.05) is 6.66 Å². The second-order valence-electron chi connectivity index (χ2n) is 3.16. The van der Waals surface area contributed by atoms with Crippen molar-refractivity contribution in [3.63, 3.8) is 0 Å². The lowest BCUT2D eigenvalue weighted by atomic mass is 10.4. The van der Waals surface area contributed by atoms with Gasteiger partial charge in [0.2, 0.25) is 6.65 Å². The van der Waals surface area contributed by atoms with Crippen molar-refractivity contribution in [1.29, 1.82) is 0 Å². The molecule has 4 nitrogen and oxygen atoms in total. The van der Waals surface area contributed by atoms with Crippen LogP contribution in [0.25, 0.3) is 0 Å². The Hall–Kier alpha value is -0.0500. The van der Waals surface area contributed by atoms with E-state index in [0.717, 1.165) is 0 Å². The van der Waals surface area contributed by atoms with E-state index in [2.05, 4.69) is 5.09 Å². The topological polar surface area (TPSA) is 55.4 Å². The number of carbonyl (C=O) groups excluding carboxylic acids is 1. The van der Waals surface area contributed by atoms with Gasteiger partial charge in [-0.1, -0.05) is 0 Å². The summed E-state index contributed by atoms with van der Waals surface area (Å²) in [6.45, 7) is 3.50. The highest BCUT2D eigenvalue weighted by molar-refractivity contribution is 7.87. The van der Waals surface area contributed by atoms with Crippen LogP contribution in [-0.4, -0.2) is 24.8 Å². The van der Waals surface area contributed by atoms with E-state index in [4.69, 9.17) is 16.0 Å². The highest BCUT2D eigenvalue weighted by Gasteiger charge is 2.21. The zero-order valence-corrected chi connectivity index (χ0v) is 9.85. The van der Waals surface area contributed by atoms with Crippen molar-refractivity contribution >= 4 is 23.9 Å². The molecule has 78 valence electrons. The standard InChI is InChI=1S/C7H15ClNO3P/c1-5(2)12-7(10)6(3)9-13(4,8)11/h5-6H,1-4H3,(H,9,11). The average Bonchev–Trinajstić information content (AvgIpc) is 1.81. The van der Waals surface area contributed by atoms with Crippen LogP contribution in [0.5, 0.6) is 0 Å². The molecule has 0 fully saturated rings. The van der Waals surface area contributed by atoms with Crippen molar-refractivity contribution < 1.29 is 14.1 Å². The highest BCUT2D eigenvalue weighted by atomic mass is 35.7. The lowest BCUT2D eigenvalue weighted by Crippen LogP contribution is -2.33. The Morgan fingerprint density at radius 2 is 1.92 bits per heavy atom. The van der Waals surface area contributed by atoms with Crippen molar-refractivity contribution in [3.8, 4) is 0 Å². The summed E-state index contributed by atoms with van der Waals surface area (Å²) in [7, 11) is 0. The Balaban J connectivity index is 4.05. The van der Waals surface area contributed by atoms with Gasteiger partial charge in [0, 0.05) is 6.66 Å². The highest BCUT2D eigenvalue weighted by Crippen LogP contribution is 2.42. The molecular weight excluding hydrogens is 213 g/mol. The fraction of sp³-hybridized carbons (Fsp3) is 0.857. The number of hydrogen-bond donors (Lipinski definition) is 1. The van der Waals surface area contributed by atoms with Crippen molar-refractivity contribution in [2.24, 2.45) is 0 Å². The third-order valence-electron chi connectivity index (χ3n) is 1.13. The lowest BCUT2D eigenvalue weighted by molar-refractivity contribution is -0.148. The first-order valence-corrected chi connectivity index (χ1v) is 7.03. The number of esters is 1. The Bertz CT molecular complexity index is 226. The predicted molar refractivity (Wildman–Crippen MR) is 53.2 cm³/mol. The van der Waals surface area contributed by atoms with Gasteiger partial charge in [-0.3, -0.25) is 9.36 Å². The second kappa shape index (κ2) is 4.99. The van der Waals surface area contributed by atoms with Gasteiger partial charge in [-0.25, -0.2) is 5.09 Å². The Kier molecular flexibility index (Phi) is 4.97. The molecule has 0 rings (SSSR count). The molecule has 0 spiro atoms. The molecular formula is C7H15ClNO3P. The molecule has 0 aliphatic carbocycles. The van der Waals surface area contributed by atoms with E-state index in [9.17, 15) is 9.36 Å². The molecule has 0 aromatic rings. The molecule has 0 saturated carbocycles. The zero-order valence-electron chi connectivity index (χ0n) is 8.20. The van der Waals surface area contributed by atoms with Gasteiger partial charge in [0.05, 0.1) is 6.10 Å². The molecule has 0 aliphatic rings. The van der Waals surface area contributed by atoms with E-state index in [1.54, 1.807) is 20.8 Å². The van der Waals surface area contributed by atoms with E-state index in [1.165, 1.54) is 6.66 Å². The smallest absolute Gasteiger partial charge is 0.323 e. The van der Waals surface area contributed by atoms with Gasteiger partial charge in [0.1, 0.15) is 6.04 Å². The van der Waals surface area contributed by atoms with Crippen LogP contribution in [0.15, 0.2) is 0 Å². The Morgan fingerprint density at radius 1 is 1.46 bits per heavy atom. The number of ether oxygens (including phenoxy) is 1. The van der Waals surface area contributed by atoms with Crippen LogP contribution < -0.4 is 5.09 Å². The van der Waals surface area contributed by atoms with E-state index in [-0.39, 0.29) is 6.10 Å². The molecule has 0 radical (unpaired) electrons. The molecule has 2 unspecified atom stereocenters. The number of rotatable bonds is 4. The molecule has 0 aromatic heterocycles. The third kappa shape index (κ3) is 7.05. The molecule has 0 aromatic carbocycles. The Morgan fingerprint density at radius 3 is 2.23 bits per heavy atom. The first-order chi connectivity index (χ1) is 5.72. The predicted octanol–water partition coefficient (Wildman–Crippen LogP) is 1.98. The molecule has 2 atom stereocenters. The first-order valence-electron chi connectivity index (χ1n) is 3.98. The summed E-state index contributed by atoms with van der Waals surface area (Å²) in [5, 5.41) is 2.47. The average molecular weight is 228 g/mol. The lowest BCUT2D eigenvalue weighted by Gasteiger charge is -2.16. The third-order valence-corrected chi connectivity index (χ3v) is 2.27. The number of carbonyl (C=O) groups is 1. The van der Waals surface area contributed by atoms with E-state index >= 15 is 0 Å². The Labute approximate surface area is 83.2 Å². The minimum atomic E-state index is -2.90. The molecule has 0 saturated heterocycles. The SMILES string of the molecule is CC(C)OC(=O)C(C)NP(C)(=O)Cl. The molecule has 13 heavy (non-hydrogen) atoms. The van der Waals surface area contributed by atoms with Gasteiger partial charge in [0.25, 0.3) is 0 Å². The minimum Gasteiger partial charge on any atom is -0.462 e.